The van der Waals surface area contributed by atoms with Crippen molar-refractivity contribution in [1.29, 1.82) is 0 Å². The molecule has 1 saturated heterocycles. The monoisotopic (exact) mass is 270 g/mol. The fourth-order valence-electron chi connectivity index (χ4n) is 1.86. The molecule has 0 aromatic heterocycles. The first-order valence-corrected chi connectivity index (χ1v) is 6.87. The van der Waals surface area contributed by atoms with Crippen LogP contribution >= 0.6 is 23.4 Å². The van der Waals surface area contributed by atoms with E-state index in [2.05, 4.69) is 0 Å². The van der Waals surface area contributed by atoms with Crippen LogP contribution < -0.4 is 0 Å². The van der Waals surface area contributed by atoms with E-state index in [1.165, 1.54) is 0 Å². The summed E-state index contributed by atoms with van der Waals surface area (Å²) < 4.78 is 0. The second kappa shape index (κ2) is 5.19. The SMILES string of the molecule is CN(C)C(=O)N1CCSC1c1cccc(Cl)c1. The van der Waals surface area contributed by atoms with Gasteiger partial charge in [-0.3, -0.25) is 0 Å². The van der Waals surface area contributed by atoms with Crippen molar-refractivity contribution in [3.63, 3.8) is 0 Å². The van der Waals surface area contributed by atoms with E-state index in [4.69, 9.17) is 11.6 Å². The first kappa shape index (κ1) is 12.6. The van der Waals surface area contributed by atoms with Crippen molar-refractivity contribution in [3.8, 4) is 0 Å². The molecule has 17 heavy (non-hydrogen) atoms. The Morgan fingerprint density at radius 1 is 1.53 bits per heavy atom. The number of rotatable bonds is 1. The van der Waals surface area contributed by atoms with Crippen LogP contribution in [0, 0.1) is 0 Å². The van der Waals surface area contributed by atoms with Gasteiger partial charge in [0, 0.05) is 31.4 Å². The molecule has 0 saturated carbocycles. The number of urea groups is 1. The van der Waals surface area contributed by atoms with E-state index < -0.39 is 0 Å². The zero-order valence-corrected chi connectivity index (χ0v) is 11.5. The van der Waals surface area contributed by atoms with E-state index in [-0.39, 0.29) is 11.4 Å². The van der Waals surface area contributed by atoms with Gasteiger partial charge in [-0.1, -0.05) is 23.7 Å². The summed E-state index contributed by atoms with van der Waals surface area (Å²) in [4.78, 5) is 15.5. The first-order valence-electron chi connectivity index (χ1n) is 5.44. The molecule has 1 heterocycles. The Kier molecular flexibility index (Phi) is 3.84. The van der Waals surface area contributed by atoms with Gasteiger partial charge in [0.25, 0.3) is 0 Å². The van der Waals surface area contributed by atoms with E-state index >= 15 is 0 Å². The predicted octanol–water partition coefficient (Wildman–Crippen LogP) is 3.07. The molecule has 0 aliphatic carbocycles. The smallest absolute Gasteiger partial charge is 0.320 e. The summed E-state index contributed by atoms with van der Waals surface area (Å²) in [7, 11) is 3.56. The summed E-state index contributed by atoms with van der Waals surface area (Å²) in [6.45, 7) is 0.791. The van der Waals surface area contributed by atoms with Gasteiger partial charge in [0.05, 0.1) is 0 Å². The Morgan fingerprint density at radius 3 is 2.94 bits per heavy atom. The van der Waals surface area contributed by atoms with Crippen LogP contribution in [0.15, 0.2) is 24.3 Å². The maximum Gasteiger partial charge on any atom is 0.320 e. The number of nitrogens with zero attached hydrogens (tertiary/aromatic N) is 2. The molecule has 1 atom stereocenters. The largest absolute Gasteiger partial charge is 0.331 e. The number of carbonyl (C=O) groups is 1. The average molecular weight is 271 g/mol. The lowest BCUT2D eigenvalue weighted by atomic mass is 10.2. The summed E-state index contributed by atoms with van der Waals surface area (Å²) in [6, 6.07) is 7.78. The van der Waals surface area contributed by atoms with Crippen molar-refractivity contribution < 1.29 is 4.79 Å². The predicted molar refractivity (Wildman–Crippen MR) is 72.4 cm³/mol. The quantitative estimate of drug-likeness (QED) is 0.783. The number of amides is 2. The van der Waals surface area contributed by atoms with Gasteiger partial charge >= 0.3 is 6.03 Å². The highest BCUT2D eigenvalue weighted by atomic mass is 35.5. The maximum absolute atomic E-state index is 12.0. The zero-order valence-electron chi connectivity index (χ0n) is 9.89. The molecule has 5 heteroatoms. The summed E-state index contributed by atoms with van der Waals surface area (Å²) in [6.07, 6.45) is 0. The maximum atomic E-state index is 12.0. The third-order valence-electron chi connectivity index (χ3n) is 2.65. The minimum Gasteiger partial charge on any atom is -0.331 e. The van der Waals surface area contributed by atoms with E-state index in [1.807, 2.05) is 29.2 Å². The molecule has 0 spiro atoms. The molecule has 0 radical (unpaired) electrons. The van der Waals surface area contributed by atoms with Gasteiger partial charge in [-0.2, -0.15) is 0 Å². The van der Waals surface area contributed by atoms with E-state index in [0.717, 1.165) is 17.9 Å². The minimum absolute atomic E-state index is 0.0555. The molecule has 1 aromatic carbocycles. The van der Waals surface area contributed by atoms with Crippen LogP contribution in [0.2, 0.25) is 5.02 Å². The van der Waals surface area contributed by atoms with Gasteiger partial charge in [0.1, 0.15) is 5.37 Å². The van der Waals surface area contributed by atoms with Crippen LogP contribution in [0.4, 0.5) is 4.79 Å². The normalized spacial score (nSPS) is 19.5. The summed E-state index contributed by atoms with van der Waals surface area (Å²) in [5.74, 6) is 0.969. The summed E-state index contributed by atoms with van der Waals surface area (Å²) in [5, 5.41) is 0.802. The van der Waals surface area contributed by atoms with E-state index in [0.29, 0.717) is 5.02 Å². The first-order chi connectivity index (χ1) is 8.09. The van der Waals surface area contributed by atoms with Gasteiger partial charge < -0.3 is 9.80 Å². The van der Waals surface area contributed by atoms with Crippen LogP contribution in [0.25, 0.3) is 0 Å². The van der Waals surface area contributed by atoms with Crippen LogP contribution in [-0.4, -0.2) is 42.2 Å². The third-order valence-corrected chi connectivity index (χ3v) is 4.15. The van der Waals surface area contributed by atoms with Crippen molar-refractivity contribution in [2.75, 3.05) is 26.4 Å². The average Bonchev–Trinajstić information content (AvgIpc) is 2.76. The molecule has 0 N–H and O–H groups in total. The van der Waals surface area contributed by atoms with Gasteiger partial charge in [-0.15, -0.1) is 11.8 Å². The molecule has 2 rings (SSSR count). The van der Waals surface area contributed by atoms with Gasteiger partial charge in [-0.25, -0.2) is 4.79 Å². The molecule has 1 aliphatic rings. The molecule has 1 aliphatic heterocycles. The van der Waals surface area contributed by atoms with E-state index in [9.17, 15) is 4.79 Å². The molecule has 0 bridgehead atoms. The fraction of sp³-hybridized carbons (Fsp3) is 0.417. The number of halogens is 1. The Morgan fingerprint density at radius 2 is 2.29 bits per heavy atom. The second-order valence-corrected chi connectivity index (χ2v) is 5.77. The highest BCUT2D eigenvalue weighted by Crippen LogP contribution is 2.38. The Bertz CT molecular complexity index is 425. The molecular weight excluding hydrogens is 256 g/mol. The highest BCUT2D eigenvalue weighted by molar-refractivity contribution is 7.99. The molecule has 92 valence electrons. The topological polar surface area (TPSA) is 23.6 Å². The number of thioether (sulfide) groups is 1. The van der Waals surface area contributed by atoms with Gasteiger partial charge in [0.15, 0.2) is 0 Å². The summed E-state index contributed by atoms with van der Waals surface area (Å²) in [5.41, 5.74) is 1.09. The van der Waals surface area contributed by atoms with Crippen LogP contribution in [-0.2, 0) is 0 Å². The Balaban J connectivity index is 2.23. The molecule has 2 amide bonds. The molecule has 3 nitrogen and oxygen atoms in total. The lowest BCUT2D eigenvalue weighted by Gasteiger charge is -2.27. The van der Waals surface area contributed by atoms with Crippen molar-refractivity contribution in [3.05, 3.63) is 34.9 Å². The Labute approximate surface area is 111 Å². The molecule has 1 aromatic rings. The van der Waals surface area contributed by atoms with E-state index in [1.54, 1.807) is 30.8 Å². The number of benzene rings is 1. The third kappa shape index (κ3) is 2.69. The minimum atomic E-state index is 0.0555. The number of hydrogen-bond acceptors (Lipinski definition) is 2. The highest BCUT2D eigenvalue weighted by Gasteiger charge is 2.31. The van der Waals surface area contributed by atoms with Crippen LogP contribution in [0.1, 0.15) is 10.9 Å². The standard InChI is InChI=1S/C12H15ClN2OS/c1-14(2)12(16)15-6-7-17-11(15)9-4-3-5-10(13)8-9/h3-5,8,11H,6-7H2,1-2H3. The molecule has 1 unspecified atom stereocenters. The van der Waals surface area contributed by atoms with Gasteiger partial charge in [-0.05, 0) is 17.7 Å². The summed E-state index contributed by atoms with van der Waals surface area (Å²) >= 11 is 7.77. The van der Waals surface area contributed by atoms with Crippen molar-refractivity contribution in [2.45, 2.75) is 5.37 Å². The second-order valence-electron chi connectivity index (χ2n) is 4.15. The lowest BCUT2D eigenvalue weighted by Crippen LogP contribution is -2.38. The molecule has 1 fully saturated rings. The van der Waals surface area contributed by atoms with Crippen molar-refractivity contribution in [2.24, 2.45) is 0 Å². The van der Waals surface area contributed by atoms with Crippen LogP contribution in [0.5, 0.6) is 0 Å². The zero-order chi connectivity index (χ0) is 12.4. The number of carbonyl (C=O) groups excluding carboxylic acids is 1. The Hall–Kier alpha value is -0.870. The fourth-order valence-corrected chi connectivity index (χ4v) is 3.30. The van der Waals surface area contributed by atoms with Crippen molar-refractivity contribution in [1.82, 2.24) is 9.80 Å². The lowest BCUT2D eigenvalue weighted by molar-refractivity contribution is 0.173. The van der Waals surface area contributed by atoms with Crippen molar-refractivity contribution >= 4 is 29.4 Å². The van der Waals surface area contributed by atoms with Crippen LogP contribution in [0.3, 0.4) is 0 Å². The molecular formula is C12H15ClN2OS. The van der Waals surface area contributed by atoms with Gasteiger partial charge in [0.2, 0.25) is 0 Å². The number of hydrogen-bond donors (Lipinski definition) is 0.